The fraction of sp³-hybridized carbons (Fsp3) is 0.632. The Morgan fingerprint density at radius 3 is 2.59 bits per heavy atom. The number of alkyl halides is 3. The molecule has 0 atom stereocenters. The number of hydrogen-bond donors (Lipinski definition) is 2. The summed E-state index contributed by atoms with van der Waals surface area (Å²) in [5, 5.41) is 6.46. The molecule has 2 rings (SSSR count). The van der Waals surface area contributed by atoms with Crippen LogP contribution in [0.2, 0.25) is 0 Å². The predicted molar refractivity (Wildman–Crippen MR) is 101 cm³/mol. The Morgan fingerprint density at radius 2 is 1.89 bits per heavy atom. The molecule has 0 aliphatic carbocycles. The number of nitrogens with one attached hydrogen (secondary N) is 2. The lowest BCUT2D eigenvalue weighted by atomic mass is 10.1. The zero-order valence-corrected chi connectivity index (χ0v) is 15.8. The highest BCUT2D eigenvalue weighted by molar-refractivity contribution is 5.79. The van der Waals surface area contributed by atoms with E-state index in [2.05, 4.69) is 20.5 Å². The van der Waals surface area contributed by atoms with Gasteiger partial charge in [0.15, 0.2) is 12.6 Å². The van der Waals surface area contributed by atoms with E-state index in [0.717, 1.165) is 26.2 Å². The Bertz CT molecular complexity index is 587. The maximum Gasteiger partial charge on any atom is 0.422 e. The minimum absolute atomic E-state index is 0.211. The maximum absolute atomic E-state index is 12.4. The van der Waals surface area contributed by atoms with Crippen LogP contribution in [-0.4, -0.2) is 56.4 Å². The molecule has 8 heteroatoms. The summed E-state index contributed by atoms with van der Waals surface area (Å²) in [7, 11) is 0. The molecule has 2 N–H and O–H groups in total. The van der Waals surface area contributed by atoms with Crippen LogP contribution in [0.3, 0.4) is 0 Å². The first-order valence-electron chi connectivity index (χ1n) is 9.50. The third-order valence-corrected chi connectivity index (χ3v) is 4.28. The van der Waals surface area contributed by atoms with Crippen LogP contribution in [0.5, 0.6) is 5.75 Å². The summed E-state index contributed by atoms with van der Waals surface area (Å²) in [5.74, 6) is 0.864. The van der Waals surface area contributed by atoms with Gasteiger partial charge in [0.05, 0.1) is 6.54 Å². The number of halogens is 3. The van der Waals surface area contributed by atoms with Crippen molar-refractivity contribution in [1.82, 2.24) is 15.5 Å². The van der Waals surface area contributed by atoms with E-state index in [9.17, 15) is 13.2 Å². The van der Waals surface area contributed by atoms with Gasteiger partial charge in [-0.05, 0) is 38.9 Å². The van der Waals surface area contributed by atoms with Gasteiger partial charge in [-0.15, -0.1) is 0 Å². The van der Waals surface area contributed by atoms with Crippen molar-refractivity contribution in [3.05, 3.63) is 29.8 Å². The summed E-state index contributed by atoms with van der Waals surface area (Å²) in [6.07, 6.45) is -0.545. The molecule has 1 aliphatic heterocycles. The highest BCUT2D eigenvalue weighted by Crippen LogP contribution is 2.22. The molecule has 1 aromatic carbocycles. The zero-order valence-electron chi connectivity index (χ0n) is 15.8. The van der Waals surface area contributed by atoms with Crippen LogP contribution in [0.15, 0.2) is 29.3 Å². The molecule has 0 radical (unpaired) electrons. The van der Waals surface area contributed by atoms with Gasteiger partial charge in [-0.3, -0.25) is 0 Å². The predicted octanol–water partition coefficient (Wildman–Crippen LogP) is 3.17. The lowest BCUT2D eigenvalue weighted by Crippen LogP contribution is -2.42. The number of piperidine rings is 1. The van der Waals surface area contributed by atoms with Gasteiger partial charge in [-0.2, -0.15) is 13.2 Å². The van der Waals surface area contributed by atoms with Crippen LogP contribution >= 0.6 is 0 Å². The van der Waals surface area contributed by atoms with E-state index < -0.39 is 12.8 Å². The molecule has 0 aromatic heterocycles. The molecule has 1 aliphatic rings. The van der Waals surface area contributed by atoms with Gasteiger partial charge in [-0.25, -0.2) is 4.99 Å². The Hall–Kier alpha value is -1.96. The molecule has 0 saturated carbocycles. The first-order chi connectivity index (χ1) is 13.0. The largest absolute Gasteiger partial charge is 0.484 e. The van der Waals surface area contributed by atoms with Crippen molar-refractivity contribution in [3.63, 3.8) is 0 Å². The summed E-state index contributed by atoms with van der Waals surface area (Å²) in [5.41, 5.74) is 0.620. The van der Waals surface area contributed by atoms with Crippen molar-refractivity contribution in [2.45, 2.75) is 38.9 Å². The van der Waals surface area contributed by atoms with E-state index in [1.807, 2.05) is 6.92 Å². The fourth-order valence-corrected chi connectivity index (χ4v) is 2.96. The number of likely N-dealkylation sites (tertiary alicyclic amines) is 1. The fourth-order valence-electron chi connectivity index (χ4n) is 2.96. The van der Waals surface area contributed by atoms with Crippen LogP contribution in [-0.2, 0) is 6.54 Å². The van der Waals surface area contributed by atoms with Gasteiger partial charge >= 0.3 is 6.18 Å². The van der Waals surface area contributed by atoms with E-state index in [4.69, 9.17) is 4.74 Å². The first kappa shape index (κ1) is 21.3. The maximum atomic E-state index is 12.4. The highest BCUT2D eigenvalue weighted by Gasteiger charge is 2.28. The number of aliphatic imine (C=N–C) groups is 1. The third-order valence-electron chi connectivity index (χ3n) is 4.28. The van der Waals surface area contributed by atoms with Crippen molar-refractivity contribution in [2.24, 2.45) is 4.99 Å². The van der Waals surface area contributed by atoms with E-state index >= 15 is 0 Å². The van der Waals surface area contributed by atoms with Crippen LogP contribution in [0, 0.1) is 0 Å². The molecule has 0 unspecified atom stereocenters. The number of guanidine groups is 1. The summed E-state index contributed by atoms with van der Waals surface area (Å²) >= 11 is 0. The van der Waals surface area contributed by atoms with Crippen LogP contribution in [0.25, 0.3) is 0 Å². The Balaban J connectivity index is 1.89. The van der Waals surface area contributed by atoms with Crippen molar-refractivity contribution in [2.75, 3.05) is 39.3 Å². The average Bonchev–Trinajstić information content (AvgIpc) is 2.65. The van der Waals surface area contributed by atoms with Gasteiger partial charge in [0.1, 0.15) is 5.75 Å². The summed E-state index contributed by atoms with van der Waals surface area (Å²) in [6, 6.07) is 6.68. The number of para-hydroxylation sites is 1. The molecular formula is C19H29F3N4O. The molecule has 5 nitrogen and oxygen atoms in total. The Morgan fingerprint density at radius 1 is 1.15 bits per heavy atom. The molecule has 152 valence electrons. The van der Waals surface area contributed by atoms with E-state index in [1.165, 1.54) is 25.3 Å². The molecule has 27 heavy (non-hydrogen) atoms. The van der Waals surface area contributed by atoms with Gasteiger partial charge in [0.2, 0.25) is 0 Å². The van der Waals surface area contributed by atoms with E-state index in [0.29, 0.717) is 18.1 Å². The lowest BCUT2D eigenvalue weighted by molar-refractivity contribution is -0.153. The number of hydrogen-bond acceptors (Lipinski definition) is 3. The normalized spacial score (nSPS) is 16.2. The lowest BCUT2D eigenvalue weighted by Gasteiger charge is -2.26. The highest BCUT2D eigenvalue weighted by atomic mass is 19.4. The first-order valence-corrected chi connectivity index (χ1v) is 9.50. The smallest absolute Gasteiger partial charge is 0.422 e. The van der Waals surface area contributed by atoms with Gasteiger partial charge < -0.3 is 20.3 Å². The summed E-state index contributed by atoms with van der Waals surface area (Å²) < 4.78 is 42.1. The average molecular weight is 386 g/mol. The summed E-state index contributed by atoms with van der Waals surface area (Å²) in [6.45, 7) is 5.63. The number of benzene rings is 1. The number of ether oxygens (including phenoxy) is 1. The third kappa shape index (κ3) is 8.51. The molecule has 1 aromatic rings. The monoisotopic (exact) mass is 386 g/mol. The topological polar surface area (TPSA) is 48.9 Å². The van der Waals surface area contributed by atoms with Crippen molar-refractivity contribution >= 4 is 5.96 Å². The van der Waals surface area contributed by atoms with Gasteiger partial charge in [0, 0.05) is 25.2 Å². The molecule has 0 bridgehead atoms. The quantitative estimate of drug-likeness (QED) is 0.532. The second kappa shape index (κ2) is 11.0. The second-order valence-electron chi connectivity index (χ2n) is 6.54. The van der Waals surface area contributed by atoms with Crippen molar-refractivity contribution in [3.8, 4) is 5.75 Å². The molecule has 1 fully saturated rings. The zero-order chi connectivity index (χ0) is 19.5. The second-order valence-corrected chi connectivity index (χ2v) is 6.54. The standard InChI is InChI=1S/C19H29F3N4O/c1-2-23-18(24-10-13-26-11-6-3-7-12-26)25-14-16-8-4-5-9-17(16)27-15-19(20,21)22/h4-5,8-9H,2-3,6-7,10-15H2,1H3,(H2,23,24,25). The van der Waals surface area contributed by atoms with E-state index in [1.54, 1.807) is 18.2 Å². The van der Waals surface area contributed by atoms with Crippen molar-refractivity contribution < 1.29 is 17.9 Å². The van der Waals surface area contributed by atoms with Gasteiger partial charge in [-0.1, -0.05) is 24.6 Å². The molecular weight excluding hydrogens is 357 g/mol. The molecule has 1 heterocycles. The summed E-state index contributed by atoms with van der Waals surface area (Å²) in [4.78, 5) is 6.92. The van der Waals surface area contributed by atoms with Crippen molar-refractivity contribution in [1.29, 1.82) is 0 Å². The number of rotatable bonds is 8. The Labute approximate surface area is 159 Å². The van der Waals surface area contributed by atoms with Gasteiger partial charge in [0.25, 0.3) is 0 Å². The van der Waals surface area contributed by atoms with E-state index in [-0.39, 0.29) is 12.3 Å². The van der Waals surface area contributed by atoms with Crippen LogP contribution < -0.4 is 15.4 Å². The van der Waals surface area contributed by atoms with Crippen LogP contribution in [0.1, 0.15) is 31.7 Å². The minimum Gasteiger partial charge on any atom is -0.484 e. The number of nitrogens with zero attached hydrogens (tertiary/aromatic N) is 2. The Kier molecular flexibility index (Phi) is 8.71. The van der Waals surface area contributed by atoms with Crippen LogP contribution in [0.4, 0.5) is 13.2 Å². The minimum atomic E-state index is -4.36. The molecule has 0 spiro atoms. The molecule has 1 saturated heterocycles. The molecule has 0 amide bonds. The SMILES string of the molecule is CCNC(=NCc1ccccc1OCC(F)(F)F)NCCN1CCCCC1.